The van der Waals surface area contributed by atoms with Gasteiger partial charge in [-0.05, 0) is 18.6 Å². The molecule has 4 rings (SSSR count). The van der Waals surface area contributed by atoms with Gasteiger partial charge in [-0.15, -0.1) is 0 Å². The maximum atomic E-state index is 12.8. The molecule has 1 aliphatic rings. The van der Waals surface area contributed by atoms with Crippen LogP contribution in [-0.2, 0) is 0 Å². The molecule has 3 aromatic rings. The number of allylic oxidation sites excluding steroid dienone is 4. The number of pyridine rings is 1. The topological polar surface area (TPSA) is 64.2 Å². The molecule has 27 heavy (non-hydrogen) atoms. The Morgan fingerprint density at radius 3 is 2.70 bits per heavy atom. The van der Waals surface area contributed by atoms with Gasteiger partial charge in [0, 0.05) is 37.0 Å². The van der Waals surface area contributed by atoms with Crippen LogP contribution in [-0.4, -0.2) is 28.8 Å². The Balaban J connectivity index is 1.76. The van der Waals surface area contributed by atoms with E-state index >= 15 is 0 Å². The molecule has 0 amide bonds. The molecule has 0 aliphatic heterocycles. The van der Waals surface area contributed by atoms with E-state index in [9.17, 15) is 4.79 Å². The molecule has 0 N–H and O–H groups in total. The van der Waals surface area contributed by atoms with Gasteiger partial charge < -0.3 is 14.0 Å². The lowest BCUT2D eigenvalue weighted by Gasteiger charge is -2.24. The van der Waals surface area contributed by atoms with Crippen molar-refractivity contribution in [2.75, 3.05) is 19.0 Å². The van der Waals surface area contributed by atoms with Gasteiger partial charge in [-0.3, -0.25) is 4.79 Å². The van der Waals surface area contributed by atoms with Gasteiger partial charge in [0.05, 0.1) is 11.7 Å². The summed E-state index contributed by atoms with van der Waals surface area (Å²) in [5, 5.41) is 3.87. The summed E-state index contributed by atoms with van der Waals surface area (Å²) in [6.45, 7) is 0. The van der Waals surface area contributed by atoms with Crippen LogP contribution in [0.3, 0.4) is 0 Å². The first-order chi connectivity index (χ1) is 13.1. The van der Waals surface area contributed by atoms with Crippen molar-refractivity contribution in [1.29, 1.82) is 0 Å². The minimum Gasteiger partial charge on any atom is -0.377 e. The van der Waals surface area contributed by atoms with E-state index < -0.39 is 0 Å². The summed E-state index contributed by atoms with van der Waals surface area (Å²) in [6, 6.07) is 13.5. The zero-order chi connectivity index (χ0) is 18.8. The fraction of sp³-hybridized carbons (Fsp3) is 0.190. The summed E-state index contributed by atoms with van der Waals surface area (Å²) in [7, 11) is 4.01. The number of hydrogen-bond acceptors (Lipinski definition) is 5. The summed E-state index contributed by atoms with van der Waals surface area (Å²) in [6.07, 6.45) is 8.00. The van der Waals surface area contributed by atoms with E-state index in [2.05, 4.69) is 21.1 Å². The Bertz CT molecular complexity index is 1060. The second kappa shape index (κ2) is 7.07. The van der Waals surface area contributed by atoms with Crippen molar-refractivity contribution in [3.8, 4) is 11.3 Å². The second-order valence-corrected chi connectivity index (χ2v) is 6.61. The molecule has 0 bridgehead atoms. The second-order valence-electron chi connectivity index (χ2n) is 6.61. The summed E-state index contributed by atoms with van der Waals surface area (Å²) < 4.78 is 6.66. The lowest BCUT2D eigenvalue weighted by Crippen LogP contribution is -2.25. The van der Waals surface area contributed by atoms with Gasteiger partial charge in [0.25, 0.3) is 5.56 Å². The highest BCUT2D eigenvalue weighted by molar-refractivity contribution is 5.76. The van der Waals surface area contributed by atoms with E-state index in [1.807, 2.05) is 67.2 Å². The van der Waals surface area contributed by atoms with Crippen molar-refractivity contribution < 1.29 is 4.52 Å². The van der Waals surface area contributed by atoms with E-state index in [-0.39, 0.29) is 11.6 Å². The summed E-state index contributed by atoms with van der Waals surface area (Å²) >= 11 is 0. The molecule has 0 radical (unpaired) electrons. The third-order valence-electron chi connectivity index (χ3n) is 4.68. The van der Waals surface area contributed by atoms with Crippen LogP contribution in [0.4, 0.5) is 5.69 Å². The molecule has 1 atom stereocenters. The molecule has 136 valence electrons. The van der Waals surface area contributed by atoms with Crippen molar-refractivity contribution in [3.05, 3.63) is 83.3 Å². The van der Waals surface area contributed by atoms with Gasteiger partial charge in [-0.1, -0.05) is 47.7 Å². The molecule has 6 heteroatoms. The molecule has 1 aliphatic carbocycles. The number of para-hydroxylation sites is 1. The van der Waals surface area contributed by atoms with Crippen LogP contribution in [0.5, 0.6) is 0 Å². The van der Waals surface area contributed by atoms with Gasteiger partial charge >= 0.3 is 0 Å². The molecule has 2 heterocycles. The highest BCUT2D eigenvalue weighted by Gasteiger charge is 2.19. The molecule has 2 aromatic heterocycles. The Hall–Kier alpha value is -3.41. The van der Waals surface area contributed by atoms with Crippen LogP contribution in [0.25, 0.3) is 16.8 Å². The van der Waals surface area contributed by atoms with E-state index in [1.54, 1.807) is 6.07 Å². The van der Waals surface area contributed by atoms with Crippen molar-refractivity contribution in [3.63, 3.8) is 0 Å². The summed E-state index contributed by atoms with van der Waals surface area (Å²) in [5.74, 6) is 0.559. The minimum absolute atomic E-state index is 0.0212. The molecule has 6 nitrogen and oxygen atoms in total. The molecular weight excluding hydrogens is 340 g/mol. The molecule has 1 aromatic carbocycles. The number of hydrogen-bond donors (Lipinski definition) is 0. The number of rotatable bonds is 4. The molecule has 0 saturated carbocycles. The van der Waals surface area contributed by atoms with Crippen molar-refractivity contribution in [2.24, 2.45) is 0 Å². The summed E-state index contributed by atoms with van der Waals surface area (Å²) in [5.41, 5.74) is 3.88. The van der Waals surface area contributed by atoms with Crippen molar-refractivity contribution in [1.82, 2.24) is 14.7 Å². The first-order valence-corrected chi connectivity index (χ1v) is 8.78. The van der Waals surface area contributed by atoms with Crippen molar-refractivity contribution in [2.45, 2.75) is 12.5 Å². The van der Waals surface area contributed by atoms with Gasteiger partial charge in [0.1, 0.15) is 0 Å². The zero-order valence-corrected chi connectivity index (χ0v) is 15.2. The largest absolute Gasteiger partial charge is 0.377 e. The first kappa shape index (κ1) is 17.0. The average molecular weight is 360 g/mol. The summed E-state index contributed by atoms with van der Waals surface area (Å²) in [4.78, 5) is 18.9. The van der Waals surface area contributed by atoms with Gasteiger partial charge in [0.2, 0.25) is 12.2 Å². The van der Waals surface area contributed by atoms with E-state index in [1.165, 1.54) is 6.39 Å². The molecule has 0 spiro atoms. The van der Waals surface area contributed by atoms with Crippen LogP contribution in [0.1, 0.15) is 18.3 Å². The molecule has 1 unspecified atom stereocenters. The fourth-order valence-electron chi connectivity index (χ4n) is 3.41. The number of aromatic nitrogens is 3. The number of nitrogens with zero attached hydrogens (tertiary/aromatic N) is 4. The fourth-order valence-corrected chi connectivity index (χ4v) is 3.41. The standard InChI is InChI=1S/C21H20N4O2/c1-24(2)18-7-4-3-6-17(18)19-8-5-9-20(26)25(19)16-12-10-15(11-13-16)21-22-14-27-23-21/h3-12,14,16H,13H2,1-2H3. The highest BCUT2D eigenvalue weighted by atomic mass is 16.5. The van der Waals surface area contributed by atoms with Gasteiger partial charge in [0.15, 0.2) is 0 Å². The third kappa shape index (κ3) is 3.21. The molecule has 0 fully saturated rings. The quantitative estimate of drug-likeness (QED) is 0.712. The van der Waals surface area contributed by atoms with Crippen LogP contribution in [0.2, 0.25) is 0 Å². The Morgan fingerprint density at radius 2 is 2.00 bits per heavy atom. The predicted molar refractivity (Wildman–Crippen MR) is 106 cm³/mol. The molecule has 0 saturated heterocycles. The van der Waals surface area contributed by atoms with Gasteiger partial charge in [-0.25, -0.2) is 0 Å². The normalized spacial score (nSPS) is 16.2. The average Bonchev–Trinajstić information content (AvgIpc) is 3.23. The number of anilines is 1. The third-order valence-corrected chi connectivity index (χ3v) is 4.68. The van der Waals surface area contributed by atoms with Gasteiger partial charge in [-0.2, -0.15) is 4.98 Å². The molecular formula is C21H20N4O2. The Labute approximate surface area is 157 Å². The van der Waals surface area contributed by atoms with Crippen LogP contribution in [0.15, 0.2) is 76.4 Å². The monoisotopic (exact) mass is 360 g/mol. The lowest BCUT2D eigenvalue weighted by molar-refractivity contribution is 0.415. The highest BCUT2D eigenvalue weighted by Crippen LogP contribution is 2.33. The smallest absolute Gasteiger partial charge is 0.251 e. The maximum absolute atomic E-state index is 12.8. The van der Waals surface area contributed by atoms with E-state index in [0.29, 0.717) is 12.2 Å². The lowest BCUT2D eigenvalue weighted by atomic mass is 10.00. The van der Waals surface area contributed by atoms with Crippen LogP contribution >= 0.6 is 0 Å². The Kier molecular flexibility index (Phi) is 4.46. The Morgan fingerprint density at radius 1 is 1.15 bits per heavy atom. The maximum Gasteiger partial charge on any atom is 0.251 e. The SMILES string of the molecule is CN(C)c1ccccc1-c1cccc(=O)n1C1C=CC(c2ncon2)=CC1. The zero-order valence-electron chi connectivity index (χ0n) is 15.2. The first-order valence-electron chi connectivity index (χ1n) is 8.78. The number of benzene rings is 1. The van der Waals surface area contributed by atoms with E-state index in [4.69, 9.17) is 4.52 Å². The predicted octanol–water partition coefficient (Wildman–Crippen LogP) is 3.55. The van der Waals surface area contributed by atoms with Crippen LogP contribution < -0.4 is 10.5 Å². The van der Waals surface area contributed by atoms with Crippen LogP contribution in [0, 0.1) is 0 Å². The van der Waals surface area contributed by atoms with Crippen molar-refractivity contribution >= 4 is 11.3 Å². The van der Waals surface area contributed by atoms with E-state index in [0.717, 1.165) is 22.5 Å². The minimum atomic E-state index is -0.0698.